The van der Waals surface area contributed by atoms with Gasteiger partial charge in [0.05, 0.1) is 30.5 Å². The van der Waals surface area contributed by atoms with Gasteiger partial charge in [0.1, 0.15) is 11.5 Å². The lowest BCUT2D eigenvalue weighted by atomic mass is 9.64. The van der Waals surface area contributed by atoms with Gasteiger partial charge in [-0.05, 0) is 112 Å². The van der Waals surface area contributed by atoms with Crippen LogP contribution in [0.5, 0.6) is 0 Å². The molecule has 0 N–H and O–H groups in total. The van der Waals surface area contributed by atoms with Crippen LogP contribution in [0, 0.1) is 43.9 Å². The highest BCUT2D eigenvalue weighted by atomic mass is 16.7. The number of carbonyl (C=O) groups excluding carboxylic acids is 4. The molecule has 1 aliphatic heterocycles. The SMILES string of the molecule is CC.CCOC(=O)OC1=C(c2cc(C)ccc2C)C(=O)CC2(CCC(OC)CC2)C1.Cc1ccc(C)c(C2=C(OC(=O)OCC(C)(C)C)CC3(CCOCC3)CC2=O)c1. The molecule has 6 rings (SSSR count). The molecule has 0 radical (unpaired) electrons. The van der Waals surface area contributed by atoms with Crippen molar-refractivity contribution in [1.82, 2.24) is 0 Å². The van der Waals surface area contributed by atoms with E-state index in [2.05, 4.69) is 0 Å². The third kappa shape index (κ3) is 12.6. The summed E-state index contributed by atoms with van der Waals surface area (Å²) < 4.78 is 32.6. The van der Waals surface area contributed by atoms with Crippen LogP contribution < -0.4 is 0 Å². The number of carbonyl (C=O) groups is 4. The fraction of sp³-hybridized carbons (Fsp3) is 0.592. The van der Waals surface area contributed by atoms with Crippen molar-refractivity contribution in [1.29, 1.82) is 0 Å². The molecule has 10 nitrogen and oxygen atoms in total. The van der Waals surface area contributed by atoms with Gasteiger partial charge >= 0.3 is 12.3 Å². The van der Waals surface area contributed by atoms with Gasteiger partial charge in [0.2, 0.25) is 0 Å². The van der Waals surface area contributed by atoms with Gasteiger partial charge in [-0.25, -0.2) is 9.59 Å². The minimum Gasteiger partial charge on any atom is -0.434 e. The lowest BCUT2D eigenvalue weighted by Crippen LogP contribution is -2.37. The Kier molecular flexibility index (Phi) is 16.7. The molecule has 0 atom stereocenters. The van der Waals surface area contributed by atoms with Crippen molar-refractivity contribution in [3.05, 3.63) is 81.3 Å². The minimum atomic E-state index is -0.741. The largest absolute Gasteiger partial charge is 0.513 e. The number of allylic oxidation sites excluding steroid dienone is 4. The number of ketones is 2. The summed E-state index contributed by atoms with van der Waals surface area (Å²) in [6.07, 6.45) is 6.08. The number of rotatable bonds is 7. The van der Waals surface area contributed by atoms with Gasteiger partial charge in [-0.15, -0.1) is 0 Å². The van der Waals surface area contributed by atoms with Gasteiger partial charge in [-0.3, -0.25) is 9.59 Å². The first-order chi connectivity index (χ1) is 28.0. The second kappa shape index (κ2) is 20.8. The fourth-order valence-electron chi connectivity index (χ4n) is 8.54. The molecule has 324 valence electrons. The van der Waals surface area contributed by atoms with Crippen molar-refractivity contribution in [2.45, 2.75) is 140 Å². The number of aryl methyl sites for hydroxylation is 4. The van der Waals surface area contributed by atoms with Crippen molar-refractivity contribution < 1.29 is 47.6 Å². The quantitative estimate of drug-likeness (QED) is 0.249. The topological polar surface area (TPSA) is 124 Å². The predicted molar refractivity (Wildman–Crippen MR) is 230 cm³/mol. The number of hydrogen-bond acceptors (Lipinski definition) is 10. The summed E-state index contributed by atoms with van der Waals surface area (Å²) in [7, 11) is 1.74. The van der Waals surface area contributed by atoms with Crippen LogP contribution in [0.2, 0.25) is 0 Å². The summed E-state index contributed by atoms with van der Waals surface area (Å²) in [6, 6.07) is 12.0. The minimum absolute atomic E-state index is 0.0328. The van der Waals surface area contributed by atoms with E-state index >= 15 is 0 Å². The highest BCUT2D eigenvalue weighted by Gasteiger charge is 2.45. The number of benzene rings is 2. The van der Waals surface area contributed by atoms with E-state index < -0.39 is 12.3 Å². The first-order valence-electron chi connectivity index (χ1n) is 21.4. The number of ether oxygens (including phenoxy) is 6. The Morgan fingerprint density at radius 3 is 1.56 bits per heavy atom. The molecule has 0 bridgehead atoms. The van der Waals surface area contributed by atoms with Crippen LogP contribution >= 0.6 is 0 Å². The Labute approximate surface area is 352 Å². The van der Waals surface area contributed by atoms with Crippen LogP contribution in [0.4, 0.5) is 9.59 Å². The Morgan fingerprint density at radius 1 is 0.695 bits per heavy atom. The molecule has 4 aliphatic rings. The molecule has 0 amide bonds. The summed E-state index contributed by atoms with van der Waals surface area (Å²) >= 11 is 0. The van der Waals surface area contributed by atoms with Crippen LogP contribution in [0.3, 0.4) is 0 Å². The molecule has 2 spiro atoms. The molecule has 1 saturated heterocycles. The Hall–Kier alpha value is -4.28. The van der Waals surface area contributed by atoms with Gasteiger partial charge in [0, 0.05) is 46.0 Å². The third-order valence-corrected chi connectivity index (χ3v) is 11.8. The molecule has 59 heavy (non-hydrogen) atoms. The first-order valence-corrected chi connectivity index (χ1v) is 21.4. The Morgan fingerprint density at radius 2 is 1.14 bits per heavy atom. The summed E-state index contributed by atoms with van der Waals surface area (Å²) in [6.45, 7) is 21.4. The molecular formula is C49H68O10. The molecule has 0 unspecified atom stereocenters. The predicted octanol–water partition coefficient (Wildman–Crippen LogP) is 11.5. The van der Waals surface area contributed by atoms with E-state index in [0.29, 0.717) is 61.6 Å². The fourth-order valence-corrected chi connectivity index (χ4v) is 8.54. The Bertz CT molecular complexity index is 1880. The zero-order valence-corrected chi connectivity index (χ0v) is 37.5. The summed E-state index contributed by atoms with van der Waals surface area (Å²) in [5.41, 5.74) is 6.36. The summed E-state index contributed by atoms with van der Waals surface area (Å²) in [4.78, 5) is 51.2. The second-order valence-corrected chi connectivity index (χ2v) is 17.8. The molecule has 2 aromatic rings. The number of methoxy groups -OCH3 is 1. The van der Waals surface area contributed by atoms with Crippen molar-refractivity contribution in [2.24, 2.45) is 16.2 Å². The van der Waals surface area contributed by atoms with Crippen LogP contribution in [0.1, 0.15) is 139 Å². The first kappa shape index (κ1) is 47.4. The van der Waals surface area contributed by atoms with Crippen molar-refractivity contribution in [3.8, 4) is 0 Å². The molecule has 0 aromatic heterocycles. The van der Waals surface area contributed by atoms with Crippen LogP contribution in [-0.2, 0) is 38.0 Å². The van der Waals surface area contributed by atoms with E-state index in [0.717, 1.165) is 71.9 Å². The van der Waals surface area contributed by atoms with E-state index in [1.807, 2.05) is 98.7 Å². The lowest BCUT2D eigenvalue weighted by molar-refractivity contribution is -0.119. The van der Waals surface area contributed by atoms with Gasteiger partial charge in [-0.1, -0.05) is 82.1 Å². The highest BCUT2D eigenvalue weighted by Crippen LogP contribution is 2.51. The molecule has 2 fully saturated rings. The Balaban J connectivity index is 0.000000250. The average molecular weight is 817 g/mol. The van der Waals surface area contributed by atoms with E-state index in [1.165, 1.54) is 0 Å². The average Bonchev–Trinajstić information content (AvgIpc) is 3.18. The molecule has 1 saturated carbocycles. The molecular weight excluding hydrogens is 749 g/mol. The monoisotopic (exact) mass is 816 g/mol. The summed E-state index contributed by atoms with van der Waals surface area (Å²) in [5.74, 6) is 0.982. The van der Waals surface area contributed by atoms with E-state index in [1.54, 1.807) is 14.0 Å². The summed E-state index contributed by atoms with van der Waals surface area (Å²) in [5, 5.41) is 0. The standard InChI is InChI=1S/C24H32O5.C23H30O5.C2H6/c1-16-6-7-17(2)18(12-16)21-19(25)13-24(8-10-27-11-9-24)14-20(21)29-22(26)28-15-23(3,4)5;1-5-27-22(25)28-20-14-23(10-8-17(26-4)9-11-23)13-19(24)21(20)18-12-15(2)6-7-16(18)3;1-2/h6-7,12H,8-11,13-15H2,1-5H3;6-7,12,17H,5,8-11,13-14H2,1-4H3;1-2H3. The van der Waals surface area contributed by atoms with E-state index in [9.17, 15) is 19.2 Å². The van der Waals surface area contributed by atoms with Crippen molar-refractivity contribution in [2.75, 3.05) is 33.5 Å². The highest BCUT2D eigenvalue weighted by molar-refractivity contribution is 6.23. The van der Waals surface area contributed by atoms with Gasteiger partial charge in [-0.2, -0.15) is 0 Å². The van der Waals surface area contributed by atoms with Gasteiger partial charge < -0.3 is 28.4 Å². The number of Topliss-reactive ketones (excluding diaryl/α,β-unsaturated/α-hetero) is 2. The molecule has 3 aliphatic carbocycles. The van der Waals surface area contributed by atoms with E-state index in [-0.39, 0.29) is 47.1 Å². The van der Waals surface area contributed by atoms with Crippen LogP contribution in [-0.4, -0.2) is 63.5 Å². The third-order valence-electron chi connectivity index (χ3n) is 11.8. The smallest absolute Gasteiger partial charge is 0.434 e. The number of hydrogen-bond donors (Lipinski definition) is 0. The maximum atomic E-state index is 13.3. The van der Waals surface area contributed by atoms with Gasteiger partial charge in [0.15, 0.2) is 11.6 Å². The van der Waals surface area contributed by atoms with Crippen LogP contribution in [0.15, 0.2) is 47.9 Å². The maximum absolute atomic E-state index is 13.3. The van der Waals surface area contributed by atoms with Crippen LogP contribution in [0.25, 0.3) is 11.1 Å². The zero-order chi connectivity index (χ0) is 43.5. The van der Waals surface area contributed by atoms with Crippen molar-refractivity contribution in [3.63, 3.8) is 0 Å². The molecule has 1 heterocycles. The zero-order valence-electron chi connectivity index (χ0n) is 37.5. The second-order valence-electron chi connectivity index (χ2n) is 17.8. The molecule has 2 aromatic carbocycles. The lowest BCUT2D eigenvalue weighted by Gasteiger charge is -2.42. The van der Waals surface area contributed by atoms with Crippen molar-refractivity contribution >= 4 is 35.0 Å². The maximum Gasteiger partial charge on any atom is 0.513 e. The van der Waals surface area contributed by atoms with Gasteiger partial charge in [0.25, 0.3) is 0 Å². The van der Waals surface area contributed by atoms with E-state index in [4.69, 9.17) is 28.4 Å². The molecule has 10 heteroatoms. The normalized spacial score (nSPS) is 21.6.